The van der Waals surface area contributed by atoms with E-state index in [0.717, 1.165) is 6.54 Å². The molecule has 128 valence electrons. The minimum Gasteiger partial charge on any atom is -0.409 e. The van der Waals surface area contributed by atoms with Crippen LogP contribution in [0.4, 0.5) is 0 Å². The number of hydrogen-bond acceptors (Lipinski definition) is 2. The Labute approximate surface area is 143 Å². The van der Waals surface area contributed by atoms with E-state index in [0.29, 0.717) is 12.1 Å². The van der Waals surface area contributed by atoms with E-state index < -0.39 is 8.32 Å². The largest absolute Gasteiger partial charge is 0.409 e. The second-order valence-electron chi connectivity index (χ2n) is 8.22. The van der Waals surface area contributed by atoms with Crippen molar-refractivity contribution in [1.29, 1.82) is 0 Å². The van der Waals surface area contributed by atoms with Gasteiger partial charge in [-0.3, -0.25) is 4.90 Å². The Balaban J connectivity index is 2.07. The summed E-state index contributed by atoms with van der Waals surface area (Å²) in [5.74, 6) is 0. The second kappa shape index (κ2) is 6.92. The maximum Gasteiger partial charge on any atom is 0.192 e. The van der Waals surface area contributed by atoms with Crippen molar-refractivity contribution in [1.82, 2.24) is 4.90 Å². The number of hydrogen-bond donors (Lipinski definition) is 0. The topological polar surface area (TPSA) is 12.2 Å². The maximum absolute atomic E-state index is 6.69. The molecule has 1 aromatic rings. The zero-order valence-electron chi connectivity index (χ0n) is 15.8. The summed E-state index contributed by atoms with van der Waals surface area (Å²) in [4.78, 5) is 2.55. The van der Waals surface area contributed by atoms with Gasteiger partial charge in [-0.2, -0.15) is 0 Å². The summed E-state index contributed by atoms with van der Waals surface area (Å²) in [7, 11) is -1.75. The summed E-state index contributed by atoms with van der Waals surface area (Å²) in [5, 5.41) is 0.248. The average molecular weight is 332 g/mol. The lowest BCUT2D eigenvalue weighted by Crippen LogP contribution is -2.45. The van der Waals surface area contributed by atoms with Crippen LogP contribution in [0.15, 0.2) is 42.5 Å². The molecule has 1 saturated heterocycles. The molecule has 2 rings (SSSR count). The Bertz CT molecular complexity index is 532. The van der Waals surface area contributed by atoms with Gasteiger partial charge < -0.3 is 4.43 Å². The van der Waals surface area contributed by atoms with Gasteiger partial charge >= 0.3 is 0 Å². The van der Waals surface area contributed by atoms with E-state index in [-0.39, 0.29) is 11.1 Å². The lowest BCUT2D eigenvalue weighted by Gasteiger charge is -2.39. The van der Waals surface area contributed by atoms with Gasteiger partial charge in [-0.15, -0.1) is 0 Å². The summed E-state index contributed by atoms with van der Waals surface area (Å²) < 4.78 is 6.69. The first kappa shape index (κ1) is 18.4. The molecule has 1 aromatic carbocycles. The molecule has 0 radical (unpaired) electrons. The third kappa shape index (κ3) is 4.34. The Morgan fingerprint density at radius 3 is 2.35 bits per heavy atom. The fourth-order valence-electron chi connectivity index (χ4n) is 2.78. The van der Waals surface area contributed by atoms with Gasteiger partial charge in [0.1, 0.15) is 0 Å². The van der Waals surface area contributed by atoms with Crippen LogP contribution in [0.1, 0.15) is 46.2 Å². The standard InChI is InChI=1S/C20H33NOSi/c1-8-12-19(22-23(6,7)20(3,4)5)18-15-21(18)16(2)17-13-10-9-11-14-17/h8-14,16,18-19H,15H2,1-7H3/b12-8+/t16-,18+,19-,21?/m1/s1. The zero-order chi connectivity index (χ0) is 17.3. The van der Waals surface area contributed by atoms with Gasteiger partial charge in [-0.25, -0.2) is 0 Å². The van der Waals surface area contributed by atoms with Gasteiger partial charge in [0.15, 0.2) is 8.32 Å². The maximum atomic E-state index is 6.69. The van der Waals surface area contributed by atoms with Gasteiger partial charge in [0.2, 0.25) is 0 Å². The second-order valence-corrected chi connectivity index (χ2v) is 13.0. The van der Waals surface area contributed by atoms with Crippen molar-refractivity contribution in [3.8, 4) is 0 Å². The van der Waals surface area contributed by atoms with Crippen molar-refractivity contribution >= 4 is 8.32 Å². The first-order valence-corrected chi connectivity index (χ1v) is 11.7. The number of rotatable bonds is 6. The third-order valence-corrected chi connectivity index (χ3v) is 9.94. The number of benzene rings is 1. The Kier molecular flexibility index (Phi) is 5.54. The fourth-order valence-corrected chi connectivity index (χ4v) is 4.05. The molecule has 0 N–H and O–H groups in total. The van der Waals surface area contributed by atoms with Crippen LogP contribution in [0.25, 0.3) is 0 Å². The molecule has 3 heteroatoms. The minimum absolute atomic E-state index is 0.215. The van der Waals surface area contributed by atoms with Crippen LogP contribution < -0.4 is 0 Å². The summed E-state index contributed by atoms with van der Waals surface area (Å²) in [6, 6.07) is 11.7. The van der Waals surface area contributed by atoms with Crippen LogP contribution in [0, 0.1) is 0 Å². The predicted molar refractivity (Wildman–Crippen MR) is 102 cm³/mol. The van der Waals surface area contributed by atoms with Crippen molar-refractivity contribution in [2.45, 2.75) is 70.9 Å². The molecule has 0 aromatic heterocycles. The molecule has 0 bridgehead atoms. The Morgan fingerprint density at radius 1 is 1.22 bits per heavy atom. The Morgan fingerprint density at radius 2 is 1.83 bits per heavy atom. The van der Waals surface area contributed by atoms with E-state index in [1.54, 1.807) is 0 Å². The highest BCUT2D eigenvalue weighted by molar-refractivity contribution is 6.74. The van der Waals surface area contributed by atoms with E-state index in [1.807, 2.05) is 0 Å². The summed E-state index contributed by atoms with van der Waals surface area (Å²) in [6.45, 7) is 17.1. The SMILES string of the molecule is C/C=C/[C@@H](O[Si](C)(C)C(C)(C)C)[C@@H]1CN1[C@H](C)c1ccccc1. The lowest BCUT2D eigenvalue weighted by atomic mass is 10.1. The predicted octanol–water partition coefficient (Wildman–Crippen LogP) is 5.40. The molecule has 0 amide bonds. The molecule has 0 saturated carbocycles. The summed E-state index contributed by atoms with van der Waals surface area (Å²) in [5.41, 5.74) is 1.39. The van der Waals surface area contributed by atoms with Crippen LogP contribution in [0.2, 0.25) is 18.1 Å². The van der Waals surface area contributed by atoms with E-state index in [2.05, 4.69) is 95.1 Å². The minimum atomic E-state index is -1.75. The lowest BCUT2D eigenvalue weighted by molar-refractivity contribution is 0.196. The molecule has 0 spiro atoms. The molecule has 1 fully saturated rings. The quantitative estimate of drug-likeness (QED) is 0.393. The molecule has 2 nitrogen and oxygen atoms in total. The van der Waals surface area contributed by atoms with Gasteiger partial charge in [0.25, 0.3) is 0 Å². The average Bonchev–Trinajstić information content (AvgIpc) is 3.26. The van der Waals surface area contributed by atoms with Crippen molar-refractivity contribution in [3.05, 3.63) is 48.0 Å². The molecule has 23 heavy (non-hydrogen) atoms. The molecular formula is C20H33NOSi. The van der Waals surface area contributed by atoms with Crippen LogP contribution in [-0.2, 0) is 4.43 Å². The summed E-state index contributed by atoms with van der Waals surface area (Å²) >= 11 is 0. The smallest absolute Gasteiger partial charge is 0.192 e. The van der Waals surface area contributed by atoms with E-state index in [4.69, 9.17) is 4.43 Å². The van der Waals surface area contributed by atoms with Gasteiger partial charge in [0, 0.05) is 12.6 Å². The molecule has 0 aliphatic carbocycles. The third-order valence-electron chi connectivity index (χ3n) is 5.47. The highest BCUT2D eigenvalue weighted by Gasteiger charge is 2.47. The normalized spacial score (nSPS) is 24.7. The Hall–Kier alpha value is -0.903. The van der Waals surface area contributed by atoms with Gasteiger partial charge in [0.05, 0.1) is 12.1 Å². The van der Waals surface area contributed by atoms with Crippen molar-refractivity contribution in [2.75, 3.05) is 6.54 Å². The molecular weight excluding hydrogens is 298 g/mol. The highest BCUT2D eigenvalue weighted by Crippen LogP contribution is 2.41. The first-order valence-electron chi connectivity index (χ1n) is 8.78. The van der Waals surface area contributed by atoms with E-state index in [1.165, 1.54) is 5.56 Å². The van der Waals surface area contributed by atoms with Crippen molar-refractivity contribution in [3.63, 3.8) is 0 Å². The fraction of sp³-hybridized carbons (Fsp3) is 0.600. The van der Waals surface area contributed by atoms with Gasteiger partial charge in [-0.1, -0.05) is 63.3 Å². The zero-order valence-corrected chi connectivity index (χ0v) is 16.8. The molecule has 1 aliphatic rings. The number of allylic oxidation sites excluding steroid dienone is 1. The van der Waals surface area contributed by atoms with Gasteiger partial charge in [-0.05, 0) is 37.5 Å². The van der Waals surface area contributed by atoms with Crippen LogP contribution >= 0.6 is 0 Å². The molecule has 1 unspecified atom stereocenters. The van der Waals surface area contributed by atoms with Crippen molar-refractivity contribution in [2.24, 2.45) is 0 Å². The van der Waals surface area contributed by atoms with E-state index >= 15 is 0 Å². The van der Waals surface area contributed by atoms with Crippen LogP contribution in [-0.4, -0.2) is 31.9 Å². The monoisotopic (exact) mass is 331 g/mol. The first-order chi connectivity index (χ1) is 10.7. The van der Waals surface area contributed by atoms with Crippen molar-refractivity contribution < 1.29 is 4.43 Å². The molecule has 4 atom stereocenters. The highest BCUT2D eigenvalue weighted by atomic mass is 28.4. The summed E-state index contributed by atoms with van der Waals surface area (Å²) in [6.07, 6.45) is 4.61. The van der Waals surface area contributed by atoms with E-state index in [9.17, 15) is 0 Å². The van der Waals surface area contributed by atoms with Crippen LogP contribution in [0.5, 0.6) is 0 Å². The molecule has 1 aliphatic heterocycles. The van der Waals surface area contributed by atoms with Crippen LogP contribution in [0.3, 0.4) is 0 Å². The molecule has 1 heterocycles. The number of nitrogens with zero attached hydrogens (tertiary/aromatic N) is 1.